The summed E-state index contributed by atoms with van der Waals surface area (Å²) in [4.78, 5) is 0. The first-order chi connectivity index (χ1) is 32.2. The number of rotatable bonds is 5. The largest absolute Gasteiger partial charge is 0.309 e. The van der Waals surface area contributed by atoms with Crippen molar-refractivity contribution in [1.29, 1.82) is 0 Å². The van der Waals surface area contributed by atoms with Crippen LogP contribution in [0.4, 0.5) is 0 Å². The molecule has 14 aromatic rings. The summed E-state index contributed by atoms with van der Waals surface area (Å²) in [6, 6.07) is 87.2. The van der Waals surface area contributed by atoms with Gasteiger partial charge in [-0.25, -0.2) is 0 Å². The van der Waals surface area contributed by atoms with Crippen LogP contribution in [0.1, 0.15) is 0 Å². The third kappa shape index (κ3) is 5.36. The number of nitrogens with zero attached hydrogens (tertiary/aromatic N) is 3. The van der Waals surface area contributed by atoms with E-state index in [9.17, 15) is 0 Å². The van der Waals surface area contributed by atoms with Crippen molar-refractivity contribution in [2.45, 2.75) is 0 Å². The van der Waals surface area contributed by atoms with E-state index in [1.807, 2.05) is 0 Å². The summed E-state index contributed by atoms with van der Waals surface area (Å²) in [5.41, 5.74) is 15.3. The highest BCUT2D eigenvalue weighted by Gasteiger charge is 2.21. The number of benzene rings is 11. The molecule has 65 heavy (non-hydrogen) atoms. The van der Waals surface area contributed by atoms with Gasteiger partial charge in [0.15, 0.2) is 0 Å². The van der Waals surface area contributed by atoms with Gasteiger partial charge < -0.3 is 13.7 Å². The maximum atomic E-state index is 2.51. The molecule has 0 saturated carbocycles. The minimum atomic E-state index is 1.13. The average Bonchev–Trinajstić information content (AvgIpc) is 4.02. The Balaban J connectivity index is 1.06. The van der Waals surface area contributed by atoms with Crippen LogP contribution in [-0.4, -0.2) is 13.7 Å². The summed E-state index contributed by atoms with van der Waals surface area (Å²) in [6.45, 7) is 0. The molecule has 14 rings (SSSR count). The molecule has 3 nitrogen and oxygen atoms in total. The van der Waals surface area contributed by atoms with Gasteiger partial charge in [-0.2, -0.15) is 0 Å². The molecule has 0 N–H and O–H groups in total. The van der Waals surface area contributed by atoms with Crippen LogP contribution in [-0.2, 0) is 0 Å². The number of aromatic nitrogens is 3. The molecule has 0 unspecified atom stereocenters. The molecule has 0 bridgehead atoms. The van der Waals surface area contributed by atoms with Crippen molar-refractivity contribution < 1.29 is 0 Å². The molecule has 0 atom stereocenters. The monoisotopic (exact) mass is 825 g/mol. The van der Waals surface area contributed by atoms with E-state index in [1.54, 1.807) is 0 Å². The van der Waals surface area contributed by atoms with Gasteiger partial charge in [0, 0.05) is 49.4 Å². The van der Waals surface area contributed by atoms with E-state index in [1.165, 1.54) is 109 Å². The predicted octanol–water partition coefficient (Wildman–Crippen LogP) is 16.6. The number of para-hydroxylation sites is 4. The highest BCUT2D eigenvalue weighted by molar-refractivity contribution is 6.28. The van der Waals surface area contributed by atoms with E-state index in [0.29, 0.717) is 0 Å². The zero-order chi connectivity index (χ0) is 42.6. The average molecular weight is 826 g/mol. The minimum Gasteiger partial charge on any atom is -0.309 e. The fourth-order valence-electron chi connectivity index (χ4n) is 10.9. The van der Waals surface area contributed by atoms with Crippen LogP contribution < -0.4 is 0 Å². The molecule has 0 aliphatic heterocycles. The molecule has 302 valence electrons. The first kappa shape index (κ1) is 35.9. The van der Waals surface area contributed by atoms with Crippen molar-refractivity contribution >= 4 is 87.0 Å². The normalized spacial score (nSPS) is 12.0. The molecule has 0 aliphatic carbocycles. The first-order valence-corrected chi connectivity index (χ1v) is 22.4. The molecule has 0 fully saturated rings. The van der Waals surface area contributed by atoms with Gasteiger partial charge in [-0.05, 0) is 135 Å². The smallest absolute Gasteiger partial charge is 0.0547 e. The Kier molecular flexibility index (Phi) is 7.69. The summed E-state index contributed by atoms with van der Waals surface area (Å²) in [7, 11) is 0. The lowest BCUT2D eigenvalue weighted by Crippen LogP contribution is -1.96. The molecule has 3 heterocycles. The molecular weight excluding hydrogens is 787 g/mol. The summed E-state index contributed by atoms with van der Waals surface area (Å²) in [6.07, 6.45) is 0. The Morgan fingerprint density at radius 2 is 0.569 bits per heavy atom. The van der Waals surface area contributed by atoms with Crippen LogP contribution in [0.15, 0.2) is 237 Å². The van der Waals surface area contributed by atoms with E-state index >= 15 is 0 Å². The zero-order valence-electron chi connectivity index (χ0n) is 35.4. The first-order valence-electron chi connectivity index (χ1n) is 22.4. The highest BCUT2D eigenvalue weighted by atomic mass is 15.0. The fraction of sp³-hybridized carbons (Fsp3) is 0. The Hall–Kier alpha value is -8.66. The maximum Gasteiger partial charge on any atom is 0.0547 e. The number of fused-ring (bicyclic) bond motifs is 13. The van der Waals surface area contributed by atoms with Crippen LogP contribution >= 0.6 is 0 Å². The highest BCUT2D eigenvalue weighted by Crippen LogP contribution is 2.44. The van der Waals surface area contributed by atoms with E-state index in [2.05, 4.69) is 250 Å². The van der Waals surface area contributed by atoms with Gasteiger partial charge in [0.05, 0.1) is 33.1 Å². The molecule has 0 spiro atoms. The van der Waals surface area contributed by atoms with E-state index in [4.69, 9.17) is 0 Å². The molecule has 3 heteroatoms. The van der Waals surface area contributed by atoms with Crippen molar-refractivity contribution in [2.24, 2.45) is 0 Å². The SMILES string of the molecule is c1ccc(-n2c3ccccc3c3cc(-c4cc(-c5ccc6c(c5)c5ccccc5n6-c5ccccc5)cc(-n5c6ccc7ccccc7c6c6c7ccccc7ccc65)c4)ccc32)cc1. The third-order valence-corrected chi connectivity index (χ3v) is 13.8. The van der Waals surface area contributed by atoms with Gasteiger partial charge >= 0.3 is 0 Å². The Labute approximate surface area is 374 Å². The van der Waals surface area contributed by atoms with Gasteiger partial charge in [-0.1, -0.05) is 146 Å². The van der Waals surface area contributed by atoms with Crippen LogP contribution in [0, 0.1) is 0 Å². The number of hydrogen-bond acceptors (Lipinski definition) is 0. The summed E-state index contributed by atoms with van der Waals surface area (Å²) < 4.78 is 7.30. The molecule has 0 radical (unpaired) electrons. The lowest BCUT2D eigenvalue weighted by atomic mass is 9.96. The van der Waals surface area contributed by atoms with Crippen LogP contribution in [0.5, 0.6) is 0 Å². The molecule has 11 aromatic carbocycles. The van der Waals surface area contributed by atoms with Gasteiger partial charge in [-0.3, -0.25) is 0 Å². The topological polar surface area (TPSA) is 14.8 Å². The number of hydrogen-bond donors (Lipinski definition) is 0. The molecule has 0 saturated heterocycles. The van der Waals surface area contributed by atoms with Crippen LogP contribution in [0.3, 0.4) is 0 Å². The Morgan fingerprint density at radius 1 is 0.200 bits per heavy atom. The van der Waals surface area contributed by atoms with Gasteiger partial charge in [0.2, 0.25) is 0 Å². The van der Waals surface area contributed by atoms with Crippen molar-refractivity contribution in [1.82, 2.24) is 13.7 Å². The second-order valence-electron chi connectivity index (χ2n) is 17.3. The Bertz CT molecular complexity index is 3960. The quantitative estimate of drug-likeness (QED) is 0.164. The van der Waals surface area contributed by atoms with Crippen LogP contribution in [0.2, 0.25) is 0 Å². The third-order valence-electron chi connectivity index (χ3n) is 13.8. The van der Waals surface area contributed by atoms with Crippen LogP contribution in [0.25, 0.3) is 126 Å². The molecular formula is C62H39N3. The zero-order valence-corrected chi connectivity index (χ0v) is 35.4. The summed E-state index contributed by atoms with van der Waals surface area (Å²) >= 11 is 0. The minimum absolute atomic E-state index is 1.13. The van der Waals surface area contributed by atoms with Crippen molar-refractivity contribution in [3.8, 4) is 39.3 Å². The van der Waals surface area contributed by atoms with Crippen molar-refractivity contribution in [3.63, 3.8) is 0 Å². The van der Waals surface area contributed by atoms with E-state index in [0.717, 1.165) is 17.1 Å². The molecule has 0 amide bonds. The van der Waals surface area contributed by atoms with Gasteiger partial charge in [0.1, 0.15) is 0 Å². The standard InChI is InChI=1S/C62H39N3/c1-3-17-46(18-4-1)63-55-25-13-11-23-51(55)53-38-42(29-31-57(53)63)44-35-45(43-30-32-58-54(39-43)52-24-12-14-26-56(52)64(58)47-19-5-2-6-20-47)37-48(36-44)65-59-33-27-40-15-7-9-21-49(40)61(59)62-50-22-10-8-16-41(50)28-34-60(62)65/h1-39H. The van der Waals surface area contributed by atoms with E-state index < -0.39 is 0 Å². The second-order valence-corrected chi connectivity index (χ2v) is 17.3. The van der Waals surface area contributed by atoms with Gasteiger partial charge in [-0.15, -0.1) is 0 Å². The lowest BCUT2D eigenvalue weighted by molar-refractivity contribution is 1.18. The lowest BCUT2D eigenvalue weighted by Gasteiger charge is -2.15. The van der Waals surface area contributed by atoms with E-state index in [-0.39, 0.29) is 0 Å². The molecule has 3 aromatic heterocycles. The van der Waals surface area contributed by atoms with Crippen molar-refractivity contribution in [2.75, 3.05) is 0 Å². The fourth-order valence-corrected chi connectivity index (χ4v) is 10.9. The van der Waals surface area contributed by atoms with Crippen molar-refractivity contribution in [3.05, 3.63) is 237 Å². The second kappa shape index (κ2) is 13.9. The summed E-state index contributed by atoms with van der Waals surface area (Å²) in [5.74, 6) is 0. The Morgan fingerprint density at radius 3 is 1.05 bits per heavy atom. The maximum absolute atomic E-state index is 2.51. The predicted molar refractivity (Wildman–Crippen MR) is 275 cm³/mol. The van der Waals surface area contributed by atoms with Gasteiger partial charge in [0.25, 0.3) is 0 Å². The summed E-state index contributed by atoms with van der Waals surface area (Å²) in [5, 5.41) is 12.5. The molecule has 0 aliphatic rings.